The van der Waals surface area contributed by atoms with Crippen LogP contribution in [0, 0.1) is 108 Å². The van der Waals surface area contributed by atoms with Gasteiger partial charge in [-0.05, 0) is 333 Å². The van der Waals surface area contributed by atoms with Crippen molar-refractivity contribution >= 4 is 0 Å². The maximum Gasteiger partial charge on any atom is -0.0112 e. The molecule has 0 aliphatic heterocycles. The van der Waals surface area contributed by atoms with Crippen LogP contribution in [0.2, 0.25) is 0 Å². The molecule has 16 aliphatic carbocycles. The molecule has 0 amide bonds. The first kappa shape index (κ1) is 79.8. The van der Waals surface area contributed by atoms with E-state index in [2.05, 4.69) is 141 Å². The second kappa shape index (κ2) is 36.1. The Kier molecular flexibility index (Phi) is 29.7. The molecule has 0 N–H and O–H groups in total. The molecule has 3 unspecified atom stereocenters. The number of hydrogen-bond acceptors (Lipinski definition) is 0. The summed E-state index contributed by atoms with van der Waals surface area (Å²) in [6, 6.07) is 0. The lowest BCUT2D eigenvalue weighted by Gasteiger charge is -2.38. The van der Waals surface area contributed by atoms with E-state index in [1.54, 1.807) is 105 Å². The van der Waals surface area contributed by atoms with Crippen molar-refractivity contribution in [2.45, 2.75) is 445 Å². The Morgan fingerprint density at radius 2 is 0.464 bits per heavy atom. The minimum Gasteiger partial charge on any atom is -0.0845 e. The summed E-state index contributed by atoms with van der Waals surface area (Å²) in [4.78, 5) is 0. The third kappa shape index (κ3) is 22.1. The van der Waals surface area contributed by atoms with Crippen molar-refractivity contribution in [2.24, 2.45) is 108 Å². The fourth-order valence-corrected chi connectivity index (χ4v) is 24.2. The van der Waals surface area contributed by atoms with Crippen LogP contribution in [0.5, 0.6) is 0 Å². The molecule has 0 heteroatoms. The van der Waals surface area contributed by atoms with E-state index in [0.717, 1.165) is 92.2 Å². The van der Waals surface area contributed by atoms with Crippen molar-refractivity contribution in [1.29, 1.82) is 0 Å². The zero-order valence-corrected chi connectivity index (χ0v) is 68.5. The molecule has 97 heavy (non-hydrogen) atoms. The van der Waals surface area contributed by atoms with Gasteiger partial charge in [-0.2, -0.15) is 0 Å². The van der Waals surface area contributed by atoms with Crippen molar-refractivity contribution in [3.63, 3.8) is 0 Å². The van der Waals surface area contributed by atoms with Crippen LogP contribution in [-0.4, -0.2) is 0 Å². The van der Waals surface area contributed by atoms with E-state index in [1.165, 1.54) is 257 Å². The second-order valence-corrected chi connectivity index (χ2v) is 41.6. The first-order valence-electron chi connectivity index (χ1n) is 44.8. The average Bonchev–Trinajstić information content (AvgIpc) is 1.68. The van der Waals surface area contributed by atoms with E-state index in [1.807, 2.05) is 0 Å². The van der Waals surface area contributed by atoms with Gasteiger partial charge in [0.25, 0.3) is 0 Å². The minimum absolute atomic E-state index is 0.665. The molecular weight excluding hydrogens is 1170 g/mol. The Morgan fingerprint density at radius 1 is 0.237 bits per heavy atom. The third-order valence-electron chi connectivity index (χ3n) is 32.1. The predicted octanol–water partition coefficient (Wildman–Crippen LogP) is 32.0. The fourth-order valence-electron chi connectivity index (χ4n) is 24.2. The molecule has 0 saturated heterocycles. The molecule has 0 bridgehead atoms. The van der Waals surface area contributed by atoms with Gasteiger partial charge in [0.15, 0.2) is 0 Å². The number of allylic oxidation sites excluding steroid dienone is 10. The normalized spacial score (nSPS) is 29.5. The van der Waals surface area contributed by atoms with Crippen LogP contribution in [0.25, 0.3) is 0 Å². The molecule has 11 fully saturated rings. The smallest absolute Gasteiger partial charge is 0.0112 e. The molecule has 0 aromatic heterocycles. The maximum atomic E-state index is 2.65. The number of hydrogen-bond donors (Lipinski definition) is 0. The van der Waals surface area contributed by atoms with Gasteiger partial charge in [0.1, 0.15) is 0 Å². The summed E-state index contributed by atoms with van der Waals surface area (Å²) in [6.07, 6.45) is 90.5. The molecular formula is C97H168. The summed E-state index contributed by atoms with van der Waals surface area (Å²) in [6.45, 7) is 37.7. The van der Waals surface area contributed by atoms with Crippen LogP contribution in [-0.2, 0) is 0 Å². The third-order valence-corrected chi connectivity index (χ3v) is 32.1. The van der Waals surface area contributed by atoms with Gasteiger partial charge in [0.05, 0.1) is 0 Å². The lowest BCUT2D eigenvalue weighted by atomic mass is 9.67. The van der Waals surface area contributed by atoms with Crippen LogP contribution in [0.3, 0.4) is 0 Å². The topological polar surface area (TPSA) is 0 Å². The fraction of sp³-hybridized carbons (Fsp3) is 0.897. The molecule has 0 nitrogen and oxygen atoms in total. The molecule has 556 valence electrons. The maximum absolute atomic E-state index is 2.65. The van der Waals surface area contributed by atoms with Gasteiger partial charge < -0.3 is 0 Å². The van der Waals surface area contributed by atoms with Crippen LogP contribution >= 0.6 is 0 Å². The van der Waals surface area contributed by atoms with Crippen molar-refractivity contribution in [1.82, 2.24) is 0 Å². The SMILES string of the molecule is CC(C)C1=CC2(CCC2)CC1.CC(C)C1=CC2(CCCC2)CC1.CC(C)C1=CC2(CCCCC2)CC1.CC(C)C1=CCC2(CCCC2)C1.CC(C)C1=CCC2(CCCCC2)C1.CC(C)C1CCC2(CCC2)C1.CC(C)C1CCC2(CCCC2)C1.CC(C)C1CCC2(CCCCC2)C1. The highest BCUT2D eigenvalue weighted by atomic mass is 14.5. The van der Waals surface area contributed by atoms with Crippen LogP contribution in [0.15, 0.2) is 58.2 Å². The van der Waals surface area contributed by atoms with Gasteiger partial charge >= 0.3 is 0 Å². The highest BCUT2D eigenvalue weighted by Crippen LogP contribution is 2.59. The summed E-state index contributed by atoms with van der Waals surface area (Å²) < 4.78 is 0. The predicted molar refractivity (Wildman–Crippen MR) is 429 cm³/mol. The molecule has 0 aromatic rings. The number of rotatable bonds is 8. The van der Waals surface area contributed by atoms with Crippen LogP contribution < -0.4 is 0 Å². The summed E-state index contributed by atoms with van der Waals surface area (Å²) in [7, 11) is 0. The minimum atomic E-state index is 0.665. The highest BCUT2D eigenvalue weighted by Gasteiger charge is 2.46. The zero-order chi connectivity index (χ0) is 69.5. The average molecular weight is 1330 g/mol. The zero-order valence-electron chi connectivity index (χ0n) is 68.5. The van der Waals surface area contributed by atoms with Crippen molar-refractivity contribution in [2.75, 3.05) is 0 Å². The van der Waals surface area contributed by atoms with E-state index in [4.69, 9.17) is 0 Å². The summed E-state index contributed by atoms with van der Waals surface area (Å²) in [5.41, 5.74) is 14.7. The quantitative estimate of drug-likeness (QED) is 0.213. The molecule has 8 spiro atoms. The second-order valence-electron chi connectivity index (χ2n) is 41.6. The van der Waals surface area contributed by atoms with Crippen LogP contribution in [0.1, 0.15) is 445 Å². The van der Waals surface area contributed by atoms with Crippen LogP contribution in [0.4, 0.5) is 0 Å². The standard InChI is InChI=1S/C13H24.2C13H22.C12H22.2C12H20.C11H20.C11H18/c3*1-11(2)12-6-9-13(10-12)7-4-3-5-8-13;3*1-10(2)11-5-8-12(9-11)6-3-4-7-12;2*1-9(2)10-4-7-11(8-10)5-3-6-11/h11-12H,3-10H2,1-2H3;10-11H,3-9H2,1-2H3;6,11H,3-5,7-10H2,1-2H3;10-11H,3-9H2,1-2H3;9-10H,3-8H2,1-2H3;5,10H,3-4,6-9H2,1-2H3;9-10H,3-8H2,1-2H3;8-9H,3-7H2,1-2H3. The van der Waals surface area contributed by atoms with Crippen molar-refractivity contribution < 1.29 is 0 Å². The Labute approximate surface area is 607 Å². The Bertz CT molecular complexity index is 2440. The largest absolute Gasteiger partial charge is 0.0845 e. The first-order valence-corrected chi connectivity index (χ1v) is 44.8. The lowest BCUT2D eigenvalue weighted by molar-refractivity contribution is 0.132. The summed E-state index contributed by atoms with van der Waals surface area (Å²) >= 11 is 0. The monoisotopic (exact) mass is 1330 g/mol. The molecule has 0 aromatic carbocycles. The Morgan fingerprint density at radius 3 is 0.670 bits per heavy atom. The molecule has 16 aliphatic rings. The highest BCUT2D eigenvalue weighted by molar-refractivity contribution is 5.23. The Hall–Kier alpha value is -1.30. The van der Waals surface area contributed by atoms with Crippen molar-refractivity contribution in [3.05, 3.63) is 58.2 Å². The van der Waals surface area contributed by atoms with E-state index in [0.29, 0.717) is 16.2 Å². The van der Waals surface area contributed by atoms with Gasteiger partial charge in [-0.15, -0.1) is 0 Å². The summed E-state index contributed by atoms with van der Waals surface area (Å²) in [5.74, 6) is 9.96. The van der Waals surface area contributed by atoms with Gasteiger partial charge in [-0.25, -0.2) is 0 Å². The molecule has 16 rings (SSSR count). The molecule has 3 atom stereocenters. The van der Waals surface area contributed by atoms with E-state index in [9.17, 15) is 0 Å². The van der Waals surface area contributed by atoms with E-state index >= 15 is 0 Å². The lowest BCUT2D eigenvalue weighted by Crippen LogP contribution is -2.26. The summed E-state index contributed by atoms with van der Waals surface area (Å²) in [5, 5.41) is 0. The Balaban J connectivity index is 0.000000130. The molecule has 11 saturated carbocycles. The molecule has 0 heterocycles. The molecule has 0 radical (unpaired) electrons. The van der Waals surface area contributed by atoms with E-state index in [-0.39, 0.29) is 0 Å². The van der Waals surface area contributed by atoms with Gasteiger partial charge in [0, 0.05) is 0 Å². The van der Waals surface area contributed by atoms with Gasteiger partial charge in [-0.3, -0.25) is 0 Å². The van der Waals surface area contributed by atoms with Gasteiger partial charge in [0.2, 0.25) is 0 Å². The van der Waals surface area contributed by atoms with E-state index < -0.39 is 0 Å². The van der Waals surface area contributed by atoms with Gasteiger partial charge in [-0.1, -0.05) is 278 Å². The first-order chi connectivity index (χ1) is 46.2. The van der Waals surface area contributed by atoms with Crippen molar-refractivity contribution in [3.8, 4) is 0 Å².